The minimum Gasteiger partial charge on any atom is -0.357 e. The quantitative estimate of drug-likeness (QED) is 0.333. The van der Waals surface area contributed by atoms with Gasteiger partial charge >= 0.3 is 6.55 Å². The summed E-state index contributed by atoms with van der Waals surface area (Å²) in [6.45, 7) is 6.75. The summed E-state index contributed by atoms with van der Waals surface area (Å²) < 4.78 is 26.4. The van der Waals surface area contributed by atoms with Crippen molar-refractivity contribution in [1.82, 2.24) is 20.2 Å². The number of halogens is 3. The van der Waals surface area contributed by atoms with Gasteiger partial charge in [0.1, 0.15) is 12.4 Å². The fourth-order valence-electron chi connectivity index (χ4n) is 2.25. The van der Waals surface area contributed by atoms with Crippen LogP contribution >= 0.6 is 24.0 Å². The summed E-state index contributed by atoms with van der Waals surface area (Å²) in [5.41, 5.74) is 0. The van der Waals surface area contributed by atoms with Crippen LogP contribution in [0.3, 0.4) is 0 Å². The van der Waals surface area contributed by atoms with Crippen LogP contribution in [0.2, 0.25) is 0 Å². The molecular weight excluding hydrogens is 427 g/mol. The van der Waals surface area contributed by atoms with Gasteiger partial charge in [-0.15, -0.1) is 24.0 Å². The van der Waals surface area contributed by atoms with E-state index in [1.54, 1.807) is 0 Å². The van der Waals surface area contributed by atoms with Gasteiger partial charge in [0.2, 0.25) is 0 Å². The molecule has 1 unspecified atom stereocenters. The Morgan fingerprint density at radius 2 is 2.00 bits per heavy atom. The average molecular weight is 457 g/mol. The molecule has 0 saturated carbocycles. The summed E-state index contributed by atoms with van der Waals surface area (Å²) in [6.07, 6.45) is 6.04. The van der Waals surface area contributed by atoms with Crippen LogP contribution in [0.25, 0.3) is 0 Å². The molecule has 0 aliphatic heterocycles. The highest BCUT2D eigenvalue weighted by Gasteiger charge is 2.11. The molecule has 2 N–H and O–H groups in total. The monoisotopic (exact) mass is 457 g/mol. The first-order valence-electron chi connectivity index (χ1n) is 8.28. The first-order chi connectivity index (χ1) is 10.9. The Morgan fingerprint density at radius 1 is 1.29 bits per heavy atom. The van der Waals surface area contributed by atoms with Gasteiger partial charge in [0.05, 0.1) is 0 Å². The normalized spacial score (nSPS) is 13.1. The van der Waals surface area contributed by atoms with Crippen LogP contribution in [0.1, 0.15) is 59.3 Å². The molecule has 140 valence electrons. The molecule has 1 heterocycles. The van der Waals surface area contributed by atoms with Gasteiger partial charge in [-0.05, 0) is 26.2 Å². The van der Waals surface area contributed by atoms with Crippen molar-refractivity contribution in [2.75, 3.05) is 6.54 Å². The number of aliphatic imine (C=N–C) groups is 1. The minimum atomic E-state index is -2.59. The molecule has 0 aliphatic carbocycles. The van der Waals surface area contributed by atoms with Crippen LogP contribution in [0.4, 0.5) is 8.78 Å². The molecule has 5 nitrogen and oxygen atoms in total. The van der Waals surface area contributed by atoms with E-state index >= 15 is 0 Å². The van der Waals surface area contributed by atoms with Crippen molar-refractivity contribution in [3.63, 3.8) is 0 Å². The largest absolute Gasteiger partial charge is 0.357 e. The number of nitrogens with zero attached hydrogens (tertiary/aromatic N) is 3. The lowest BCUT2D eigenvalue weighted by Crippen LogP contribution is -2.42. The number of hydrogen-bond acceptors (Lipinski definition) is 2. The SMILES string of the molecule is CCNC(=NCc1nccn1C(F)F)NC(C)CCCC(C)C.I. The van der Waals surface area contributed by atoms with Crippen molar-refractivity contribution in [3.05, 3.63) is 18.2 Å². The average Bonchev–Trinajstić information content (AvgIpc) is 2.93. The Hall–Kier alpha value is -0.930. The summed E-state index contributed by atoms with van der Waals surface area (Å²) in [5, 5.41) is 6.46. The van der Waals surface area contributed by atoms with Crippen LogP contribution in [0.15, 0.2) is 17.4 Å². The minimum absolute atomic E-state index is 0. The second kappa shape index (κ2) is 12.4. The van der Waals surface area contributed by atoms with Crippen molar-refractivity contribution in [3.8, 4) is 0 Å². The fraction of sp³-hybridized carbons (Fsp3) is 0.750. The second-order valence-corrected chi connectivity index (χ2v) is 6.09. The summed E-state index contributed by atoms with van der Waals surface area (Å²) in [6, 6.07) is 0.279. The molecule has 0 aromatic carbocycles. The Morgan fingerprint density at radius 3 is 2.58 bits per heavy atom. The van der Waals surface area contributed by atoms with E-state index in [4.69, 9.17) is 0 Å². The van der Waals surface area contributed by atoms with Crippen LogP contribution in [0.5, 0.6) is 0 Å². The smallest absolute Gasteiger partial charge is 0.319 e. The lowest BCUT2D eigenvalue weighted by atomic mass is 10.0. The van der Waals surface area contributed by atoms with Gasteiger partial charge in [-0.25, -0.2) is 9.98 Å². The first-order valence-corrected chi connectivity index (χ1v) is 8.28. The number of aromatic nitrogens is 2. The van der Waals surface area contributed by atoms with Gasteiger partial charge < -0.3 is 10.6 Å². The van der Waals surface area contributed by atoms with E-state index in [1.807, 2.05) is 6.92 Å². The van der Waals surface area contributed by atoms with E-state index in [1.165, 1.54) is 18.8 Å². The van der Waals surface area contributed by atoms with Crippen molar-refractivity contribution in [2.24, 2.45) is 10.9 Å². The topological polar surface area (TPSA) is 54.2 Å². The van der Waals surface area contributed by atoms with Crippen LogP contribution in [0, 0.1) is 5.92 Å². The zero-order valence-corrected chi connectivity index (χ0v) is 17.3. The summed E-state index contributed by atoms with van der Waals surface area (Å²) in [5.74, 6) is 1.59. The molecule has 0 radical (unpaired) electrons. The predicted molar refractivity (Wildman–Crippen MR) is 105 cm³/mol. The van der Waals surface area contributed by atoms with E-state index in [-0.39, 0.29) is 42.4 Å². The van der Waals surface area contributed by atoms with Crippen molar-refractivity contribution in [1.29, 1.82) is 0 Å². The highest BCUT2D eigenvalue weighted by atomic mass is 127. The molecular formula is C16H30F2IN5. The molecule has 0 amide bonds. The van der Waals surface area contributed by atoms with Crippen molar-refractivity contribution >= 4 is 29.9 Å². The highest BCUT2D eigenvalue weighted by molar-refractivity contribution is 14.0. The van der Waals surface area contributed by atoms with Crippen LogP contribution < -0.4 is 10.6 Å². The molecule has 24 heavy (non-hydrogen) atoms. The Bertz CT molecular complexity index is 477. The third-order valence-corrected chi connectivity index (χ3v) is 3.48. The van der Waals surface area contributed by atoms with Gasteiger partial charge in [-0.2, -0.15) is 8.78 Å². The third kappa shape index (κ3) is 8.79. The number of imidazole rings is 1. The fourth-order valence-corrected chi connectivity index (χ4v) is 2.25. The first kappa shape index (κ1) is 23.1. The lowest BCUT2D eigenvalue weighted by molar-refractivity contribution is 0.0671. The van der Waals surface area contributed by atoms with E-state index < -0.39 is 6.55 Å². The molecule has 0 aliphatic rings. The second-order valence-electron chi connectivity index (χ2n) is 6.09. The van der Waals surface area contributed by atoms with E-state index in [0.29, 0.717) is 18.4 Å². The number of nitrogens with one attached hydrogen (secondary N) is 2. The molecule has 0 fully saturated rings. The standard InChI is InChI=1S/C16H29F2N5.HI/c1-5-19-16(22-13(4)8-6-7-12(2)3)21-11-14-20-9-10-23(14)15(17)18;/h9-10,12-13,15H,5-8,11H2,1-4H3,(H2,19,21,22);1H. The van der Waals surface area contributed by atoms with Crippen molar-refractivity contribution < 1.29 is 8.78 Å². The number of rotatable bonds is 9. The van der Waals surface area contributed by atoms with Crippen LogP contribution in [-0.4, -0.2) is 28.1 Å². The summed E-state index contributed by atoms with van der Waals surface area (Å²) >= 11 is 0. The third-order valence-electron chi connectivity index (χ3n) is 3.48. The van der Waals surface area contributed by atoms with Gasteiger partial charge in [0, 0.05) is 25.0 Å². The number of alkyl halides is 2. The molecule has 0 spiro atoms. The number of hydrogen-bond donors (Lipinski definition) is 2. The van der Waals surface area contributed by atoms with E-state index in [0.717, 1.165) is 17.4 Å². The van der Waals surface area contributed by atoms with Gasteiger partial charge in [-0.1, -0.05) is 26.7 Å². The molecule has 1 aromatic heterocycles. The molecule has 0 bridgehead atoms. The lowest BCUT2D eigenvalue weighted by Gasteiger charge is -2.18. The Labute approximate surface area is 160 Å². The van der Waals surface area contributed by atoms with Gasteiger partial charge in [0.25, 0.3) is 0 Å². The van der Waals surface area contributed by atoms with Gasteiger partial charge in [0.15, 0.2) is 5.96 Å². The number of guanidine groups is 1. The molecule has 1 rings (SSSR count). The molecule has 1 atom stereocenters. The predicted octanol–water partition coefficient (Wildman–Crippen LogP) is 4.17. The molecule has 0 saturated heterocycles. The summed E-state index contributed by atoms with van der Waals surface area (Å²) in [4.78, 5) is 8.30. The van der Waals surface area contributed by atoms with Gasteiger partial charge in [-0.3, -0.25) is 4.57 Å². The van der Waals surface area contributed by atoms with E-state index in [9.17, 15) is 8.78 Å². The maximum absolute atomic E-state index is 12.8. The highest BCUT2D eigenvalue weighted by Crippen LogP contribution is 2.13. The Kier molecular flexibility index (Phi) is 12.0. The summed E-state index contributed by atoms with van der Waals surface area (Å²) in [7, 11) is 0. The van der Waals surface area contributed by atoms with Crippen LogP contribution in [-0.2, 0) is 6.54 Å². The zero-order valence-electron chi connectivity index (χ0n) is 14.9. The van der Waals surface area contributed by atoms with E-state index in [2.05, 4.69) is 41.4 Å². The van der Waals surface area contributed by atoms with Crippen molar-refractivity contribution in [2.45, 2.75) is 66.1 Å². The molecule has 1 aromatic rings. The molecule has 8 heteroatoms. The maximum Gasteiger partial charge on any atom is 0.319 e. The maximum atomic E-state index is 12.8. The zero-order chi connectivity index (χ0) is 17.2. The Balaban J connectivity index is 0.00000529.